The molecule has 1 heterocycles. The van der Waals surface area contributed by atoms with Crippen LogP contribution in [-0.4, -0.2) is 18.3 Å². The van der Waals surface area contributed by atoms with Gasteiger partial charge in [0.2, 0.25) is 3.79 Å². The van der Waals surface area contributed by atoms with Crippen LogP contribution < -0.4 is 0 Å². The van der Waals surface area contributed by atoms with Gasteiger partial charge in [0.25, 0.3) is 10.1 Å². The van der Waals surface area contributed by atoms with E-state index in [4.69, 9.17) is 34.8 Å². The van der Waals surface area contributed by atoms with Gasteiger partial charge in [0.05, 0.1) is 0 Å². The van der Waals surface area contributed by atoms with Crippen LogP contribution in [0.15, 0.2) is 30.3 Å². The van der Waals surface area contributed by atoms with Crippen molar-refractivity contribution >= 4 is 44.9 Å². The molecule has 0 radical (unpaired) electrons. The maximum Gasteiger partial charge on any atom is 0.277 e. The van der Waals surface area contributed by atoms with Crippen molar-refractivity contribution in [2.24, 2.45) is 0 Å². The van der Waals surface area contributed by atoms with E-state index in [-0.39, 0.29) is 0 Å². The number of benzene rings is 1. The molecule has 1 aliphatic rings. The summed E-state index contributed by atoms with van der Waals surface area (Å²) in [6.45, 7) is 0. The lowest BCUT2D eigenvalue weighted by Crippen LogP contribution is -2.50. The third-order valence-electron chi connectivity index (χ3n) is 2.27. The van der Waals surface area contributed by atoms with Crippen molar-refractivity contribution in [1.82, 2.24) is 0 Å². The molecule has 2 unspecified atom stereocenters. The molecule has 0 aliphatic carbocycles. The summed E-state index contributed by atoms with van der Waals surface area (Å²) in [5.74, 6) is 0. The molecule has 1 aromatic rings. The quantitative estimate of drug-likeness (QED) is 0.592. The molecule has 0 bridgehead atoms. The smallest absolute Gasteiger partial charge is 0.260 e. The van der Waals surface area contributed by atoms with E-state index in [1.807, 2.05) is 0 Å². The number of hydrogen-bond acceptors (Lipinski definition) is 3. The molecular weight excluding hydrogens is 295 g/mol. The minimum atomic E-state index is -3.66. The van der Waals surface area contributed by atoms with Gasteiger partial charge in [-0.25, -0.2) is 0 Å². The number of alkyl halides is 3. The van der Waals surface area contributed by atoms with Crippen LogP contribution in [0.2, 0.25) is 0 Å². The Morgan fingerprint density at radius 2 is 1.69 bits per heavy atom. The first-order valence-electron chi connectivity index (χ1n) is 4.36. The summed E-state index contributed by atoms with van der Waals surface area (Å²) in [5, 5.41) is -0.916. The number of halogens is 3. The fraction of sp³-hybridized carbons (Fsp3) is 0.333. The molecule has 2 atom stereocenters. The molecule has 1 aliphatic heterocycles. The number of hydrogen-bond donors (Lipinski definition) is 0. The lowest BCUT2D eigenvalue weighted by atomic mass is 10.1. The maximum atomic E-state index is 11.5. The summed E-state index contributed by atoms with van der Waals surface area (Å²) in [4.78, 5) is 0. The Labute approximate surface area is 108 Å². The predicted octanol–water partition coefficient (Wildman–Crippen LogP) is 2.83. The lowest BCUT2D eigenvalue weighted by Gasteiger charge is -2.39. The Balaban J connectivity index is 2.38. The highest BCUT2D eigenvalue weighted by Crippen LogP contribution is 2.50. The molecule has 0 amide bonds. The summed E-state index contributed by atoms with van der Waals surface area (Å²) >= 11 is 16.9. The molecule has 2 rings (SSSR count). The van der Waals surface area contributed by atoms with E-state index in [1.54, 1.807) is 30.3 Å². The molecule has 7 heteroatoms. The van der Waals surface area contributed by atoms with Gasteiger partial charge in [0.1, 0.15) is 11.4 Å². The molecule has 1 aromatic carbocycles. The van der Waals surface area contributed by atoms with E-state index in [2.05, 4.69) is 4.18 Å². The second kappa shape index (κ2) is 4.03. The van der Waals surface area contributed by atoms with E-state index >= 15 is 0 Å². The van der Waals surface area contributed by atoms with Crippen molar-refractivity contribution < 1.29 is 12.6 Å². The molecular formula is C9H7Cl3O3S. The average Bonchev–Trinajstić information content (AvgIpc) is 2.15. The first-order valence-corrected chi connectivity index (χ1v) is 6.97. The molecule has 0 spiro atoms. The fourth-order valence-electron chi connectivity index (χ4n) is 1.56. The topological polar surface area (TPSA) is 43.4 Å². The van der Waals surface area contributed by atoms with E-state index < -0.39 is 25.3 Å². The Morgan fingerprint density at radius 1 is 1.12 bits per heavy atom. The molecule has 88 valence electrons. The van der Waals surface area contributed by atoms with Crippen molar-refractivity contribution in [2.75, 3.05) is 0 Å². The normalized spacial score (nSPS) is 28.4. The summed E-state index contributed by atoms with van der Waals surface area (Å²) in [6, 6.07) is 8.54. The fourth-order valence-corrected chi connectivity index (χ4v) is 4.00. The minimum absolute atomic E-state index is 0.560. The van der Waals surface area contributed by atoms with Crippen LogP contribution in [0.4, 0.5) is 0 Å². The summed E-state index contributed by atoms with van der Waals surface area (Å²) < 4.78 is 25.8. The van der Waals surface area contributed by atoms with Gasteiger partial charge < -0.3 is 0 Å². The van der Waals surface area contributed by atoms with Crippen molar-refractivity contribution in [3.8, 4) is 0 Å². The van der Waals surface area contributed by atoms with E-state index in [0.29, 0.717) is 5.56 Å². The first kappa shape index (κ1) is 12.5. The summed E-state index contributed by atoms with van der Waals surface area (Å²) in [6.07, 6.45) is -0.968. The molecule has 1 saturated heterocycles. The van der Waals surface area contributed by atoms with Crippen molar-refractivity contribution in [3.63, 3.8) is 0 Å². The van der Waals surface area contributed by atoms with Gasteiger partial charge in [0.15, 0.2) is 0 Å². The largest absolute Gasteiger partial charge is 0.277 e. The maximum absolute atomic E-state index is 11.5. The first-order chi connectivity index (χ1) is 7.32. The molecule has 0 aromatic heterocycles. The average molecular weight is 302 g/mol. The Hall–Kier alpha value is -0.000000000000000222. The third kappa shape index (κ3) is 2.17. The zero-order valence-electron chi connectivity index (χ0n) is 7.81. The second-order valence-corrected chi connectivity index (χ2v) is 7.44. The third-order valence-corrected chi connectivity index (χ3v) is 4.54. The van der Waals surface area contributed by atoms with Gasteiger partial charge in [-0.2, -0.15) is 8.42 Å². The van der Waals surface area contributed by atoms with Crippen molar-refractivity contribution in [2.45, 2.75) is 15.1 Å². The highest BCUT2D eigenvalue weighted by molar-refractivity contribution is 7.88. The highest BCUT2D eigenvalue weighted by Gasteiger charge is 2.57. The Morgan fingerprint density at radius 3 is 2.12 bits per heavy atom. The minimum Gasteiger partial charge on any atom is -0.260 e. The predicted molar refractivity (Wildman–Crippen MR) is 63.3 cm³/mol. The highest BCUT2D eigenvalue weighted by atomic mass is 35.6. The zero-order chi connectivity index (χ0) is 12.0. The summed E-state index contributed by atoms with van der Waals surface area (Å²) in [7, 11) is -3.66. The zero-order valence-corrected chi connectivity index (χ0v) is 10.9. The summed E-state index contributed by atoms with van der Waals surface area (Å²) in [5.41, 5.74) is 0.560. The van der Waals surface area contributed by atoms with Crippen LogP contribution in [0.25, 0.3) is 0 Å². The molecule has 1 fully saturated rings. The van der Waals surface area contributed by atoms with Crippen LogP contribution in [0.1, 0.15) is 10.8 Å². The monoisotopic (exact) mass is 300 g/mol. The van der Waals surface area contributed by atoms with Crippen molar-refractivity contribution in [1.29, 1.82) is 0 Å². The lowest BCUT2D eigenvalue weighted by molar-refractivity contribution is 0.142. The SMILES string of the molecule is O=S1(=O)OC(C(Cl)(Cl)Cl)C1c1ccccc1. The van der Waals surface area contributed by atoms with E-state index in [9.17, 15) is 8.42 Å². The van der Waals surface area contributed by atoms with Crippen LogP contribution >= 0.6 is 34.8 Å². The molecule has 3 nitrogen and oxygen atoms in total. The van der Waals surface area contributed by atoms with Crippen LogP contribution in [0, 0.1) is 0 Å². The molecule has 0 saturated carbocycles. The van der Waals surface area contributed by atoms with Gasteiger partial charge in [-0.1, -0.05) is 65.1 Å². The van der Waals surface area contributed by atoms with Crippen LogP contribution in [0.5, 0.6) is 0 Å². The van der Waals surface area contributed by atoms with E-state index in [0.717, 1.165) is 0 Å². The Bertz CT molecular complexity index is 480. The van der Waals surface area contributed by atoms with Crippen LogP contribution in [-0.2, 0) is 14.3 Å². The van der Waals surface area contributed by atoms with Gasteiger partial charge in [-0.05, 0) is 5.56 Å². The Kier molecular flexibility index (Phi) is 3.14. The standard InChI is InChI=1S/C9H7Cl3O3S/c10-9(11,12)8-7(16(13,14)15-8)6-4-2-1-3-5-6/h1-5,7-8H. The van der Waals surface area contributed by atoms with Gasteiger partial charge in [0, 0.05) is 0 Å². The molecule has 0 N–H and O–H groups in total. The van der Waals surface area contributed by atoms with Gasteiger partial charge >= 0.3 is 0 Å². The van der Waals surface area contributed by atoms with Gasteiger partial charge in [-0.3, -0.25) is 4.18 Å². The van der Waals surface area contributed by atoms with Gasteiger partial charge in [-0.15, -0.1) is 0 Å². The number of rotatable bonds is 1. The van der Waals surface area contributed by atoms with Crippen LogP contribution in [0.3, 0.4) is 0 Å². The second-order valence-electron chi connectivity index (χ2n) is 3.38. The van der Waals surface area contributed by atoms with E-state index in [1.165, 1.54) is 0 Å². The molecule has 16 heavy (non-hydrogen) atoms. The van der Waals surface area contributed by atoms with Crippen molar-refractivity contribution in [3.05, 3.63) is 35.9 Å².